The second-order valence-electron chi connectivity index (χ2n) is 3.74. The molecule has 0 bridgehead atoms. The van der Waals surface area contributed by atoms with Crippen LogP contribution in [0.2, 0.25) is 0 Å². The van der Waals surface area contributed by atoms with Crippen LogP contribution in [0.5, 0.6) is 0 Å². The van der Waals surface area contributed by atoms with E-state index in [9.17, 15) is 4.79 Å². The van der Waals surface area contributed by atoms with E-state index in [4.69, 9.17) is 10.8 Å². The van der Waals surface area contributed by atoms with Gasteiger partial charge in [-0.15, -0.1) is 0 Å². The Bertz CT molecular complexity index is 353. The molecule has 1 aromatic carbocycles. The van der Waals surface area contributed by atoms with Crippen LogP contribution in [-0.2, 0) is 11.2 Å². The first-order chi connectivity index (χ1) is 7.65. The average Bonchev–Trinajstić information content (AvgIpc) is 2.28. The number of nitrogen functional groups attached to an aromatic ring is 1. The van der Waals surface area contributed by atoms with Crippen LogP contribution in [0.25, 0.3) is 0 Å². The van der Waals surface area contributed by atoms with Crippen LogP contribution in [0.4, 0.5) is 5.69 Å². The fraction of sp³-hybridized carbons (Fsp3) is 0.417. The summed E-state index contributed by atoms with van der Waals surface area (Å²) in [7, 11) is 1.69. The first-order valence-electron chi connectivity index (χ1n) is 5.33. The van der Waals surface area contributed by atoms with Gasteiger partial charge in [-0.2, -0.15) is 0 Å². The van der Waals surface area contributed by atoms with E-state index in [-0.39, 0.29) is 12.5 Å². The highest BCUT2D eigenvalue weighted by Gasteiger charge is 2.08. The molecule has 0 unspecified atom stereocenters. The summed E-state index contributed by atoms with van der Waals surface area (Å²) in [5.41, 5.74) is 7.49. The summed E-state index contributed by atoms with van der Waals surface area (Å²) in [6.45, 7) is 0.374. The van der Waals surface area contributed by atoms with Gasteiger partial charge in [-0.05, 0) is 18.1 Å². The van der Waals surface area contributed by atoms with Gasteiger partial charge >= 0.3 is 0 Å². The van der Waals surface area contributed by atoms with Crippen molar-refractivity contribution in [1.29, 1.82) is 0 Å². The SMILES string of the molecule is CN(CCO)C(=O)CCc1ccccc1N. The van der Waals surface area contributed by atoms with Crippen molar-refractivity contribution in [3.63, 3.8) is 0 Å². The number of amides is 1. The van der Waals surface area contributed by atoms with E-state index >= 15 is 0 Å². The first kappa shape index (κ1) is 12.5. The summed E-state index contributed by atoms with van der Waals surface area (Å²) in [5, 5.41) is 8.70. The van der Waals surface area contributed by atoms with E-state index in [1.54, 1.807) is 7.05 Å². The monoisotopic (exact) mass is 222 g/mol. The average molecular weight is 222 g/mol. The molecule has 0 fully saturated rings. The molecule has 0 aliphatic carbocycles. The molecule has 4 nitrogen and oxygen atoms in total. The second-order valence-corrected chi connectivity index (χ2v) is 3.74. The van der Waals surface area contributed by atoms with Crippen LogP contribution < -0.4 is 5.73 Å². The van der Waals surface area contributed by atoms with Crippen LogP contribution in [0.15, 0.2) is 24.3 Å². The molecule has 3 N–H and O–H groups in total. The van der Waals surface area contributed by atoms with Crippen LogP contribution in [0, 0.1) is 0 Å². The highest BCUT2D eigenvalue weighted by atomic mass is 16.3. The van der Waals surface area contributed by atoms with Gasteiger partial charge in [-0.3, -0.25) is 4.79 Å². The van der Waals surface area contributed by atoms with Gasteiger partial charge in [0.2, 0.25) is 5.91 Å². The van der Waals surface area contributed by atoms with Crippen LogP contribution in [0.3, 0.4) is 0 Å². The smallest absolute Gasteiger partial charge is 0.222 e. The molecule has 0 aliphatic heterocycles. The minimum atomic E-state index is -0.00425. The lowest BCUT2D eigenvalue weighted by molar-refractivity contribution is -0.130. The number of carbonyl (C=O) groups excluding carboxylic acids is 1. The molecule has 16 heavy (non-hydrogen) atoms. The number of aliphatic hydroxyl groups excluding tert-OH is 1. The number of nitrogens with zero attached hydrogens (tertiary/aromatic N) is 1. The number of para-hydroxylation sites is 1. The molecule has 0 radical (unpaired) electrons. The molecule has 1 amide bonds. The maximum absolute atomic E-state index is 11.6. The Labute approximate surface area is 95.7 Å². The zero-order valence-electron chi connectivity index (χ0n) is 9.52. The van der Waals surface area contributed by atoms with Crippen molar-refractivity contribution < 1.29 is 9.90 Å². The Morgan fingerprint density at radius 2 is 2.12 bits per heavy atom. The van der Waals surface area contributed by atoms with Gasteiger partial charge < -0.3 is 15.7 Å². The second kappa shape index (κ2) is 6.12. The number of nitrogens with two attached hydrogens (primary N) is 1. The van der Waals surface area contributed by atoms with Gasteiger partial charge in [0.25, 0.3) is 0 Å². The summed E-state index contributed by atoms with van der Waals surface area (Å²) in [5.74, 6) is 0.0253. The quantitative estimate of drug-likeness (QED) is 0.719. The maximum atomic E-state index is 11.6. The van der Waals surface area contributed by atoms with Crippen molar-refractivity contribution in [2.24, 2.45) is 0 Å². The number of aliphatic hydroxyl groups is 1. The van der Waals surface area contributed by atoms with Gasteiger partial charge in [0.1, 0.15) is 0 Å². The molecule has 88 valence electrons. The van der Waals surface area contributed by atoms with Crippen LogP contribution in [0.1, 0.15) is 12.0 Å². The molecule has 0 aliphatic rings. The van der Waals surface area contributed by atoms with E-state index in [1.807, 2.05) is 24.3 Å². The normalized spacial score (nSPS) is 10.1. The Kier molecular flexibility index (Phi) is 4.79. The van der Waals surface area contributed by atoms with Crippen molar-refractivity contribution in [2.75, 3.05) is 25.9 Å². The predicted molar refractivity (Wildman–Crippen MR) is 63.9 cm³/mol. The van der Waals surface area contributed by atoms with Crippen LogP contribution in [-0.4, -0.2) is 36.1 Å². The molecular formula is C12H18N2O2. The minimum Gasteiger partial charge on any atom is -0.399 e. The van der Waals surface area contributed by atoms with Gasteiger partial charge in [-0.1, -0.05) is 18.2 Å². The lowest BCUT2D eigenvalue weighted by atomic mass is 10.1. The van der Waals surface area contributed by atoms with E-state index < -0.39 is 0 Å². The van der Waals surface area contributed by atoms with Crippen molar-refractivity contribution in [1.82, 2.24) is 4.90 Å². The van der Waals surface area contributed by atoms with E-state index in [1.165, 1.54) is 4.90 Å². The Hall–Kier alpha value is -1.55. The van der Waals surface area contributed by atoms with E-state index in [2.05, 4.69) is 0 Å². The third-order valence-electron chi connectivity index (χ3n) is 2.52. The lowest BCUT2D eigenvalue weighted by Crippen LogP contribution is -2.29. The number of benzene rings is 1. The molecule has 0 saturated carbocycles. The maximum Gasteiger partial charge on any atom is 0.222 e. The Balaban J connectivity index is 2.46. The largest absolute Gasteiger partial charge is 0.399 e. The topological polar surface area (TPSA) is 66.6 Å². The van der Waals surface area contributed by atoms with Gasteiger partial charge in [0.05, 0.1) is 6.61 Å². The summed E-state index contributed by atoms with van der Waals surface area (Å²) >= 11 is 0. The Morgan fingerprint density at radius 3 is 2.75 bits per heavy atom. The molecule has 0 spiro atoms. The zero-order valence-corrected chi connectivity index (χ0v) is 9.52. The number of rotatable bonds is 5. The molecule has 0 heterocycles. The number of hydrogen-bond donors (Lipinski definition) is 2. The molecule has 4 heteroatoms. The fourth-order valence-electron chi connectivity index (χ4n) is 1.47. The minimum absolute atomic E-state index is 0.00425. The number of anilines is 1. The highest BCUT2D eigenvalue weighted by Crippen LogP contribution is 2.12. The van der Waals surface area contributed by atoms with Crippen LogP contribution >= 0.6 is 0 Å². The summed E-state index contributed by atoms with van der Waals surface area (Å²) in [4.78, 5) is 13.1. The lowest BCUT2D eigenvalue weighted by Gasteiger charge is -2.15. The fourth-order valence-corrected chi connectivity index (χ4v) is 1.47. The first-order valence-corrected chi connectivity index (χ1v) is 5.33. The van der Waals surface area contributed by atoms with Crippen molar-refractivity contribution in [2.45, 2.75) is 12.8 Å². The van der Waals surface area contributed by atoms with E-state index in [0.29, 0.717) is 19.4 Å². The predicted octanol–water partition coefficient (Wildman–Crippen LogP) is 0.652. The number of likely N-dealkylation sites (N-methyl/N-ethyl adjacent to an activating group) is 1. The number of carbonyl (C=O) groups is 1. The molecule has 1 rings (SSSR count). The highest BCUT2D eigenvalue weighted by molar-refractivity contribution is 5.76. The van der Waals surface area contributed by atoms with Gasteiger partial charge in [0.15, 0.2) is 0 Å². The number of aryl methyl sites for hydroxylation is 1. The van der Waals surface area contributed by atoms with Crippen molar-refractivity contribution >= 4 is 11.6 Å². The third-order valence-corrected chi connectivity index (χ3v) is 2.52. The molecule has 1 aromatic rings. The molecule has 0 aromatic heterocycles. The van der Waals surface area contributed by atoms with E-state index in [0.717, 1.165) is 11.3 Å². The molecule has 0 atom stereocenters. The molecular weight excluding hydrogens is 204 g/mol. The van der Waals surface area contributed by atoms with Gasteiger partial charge in [0, 0.05) is 25.7 Å². The Morgan fingerprint density at radius 1 is 1.44 bits per heavy atom. The van der Waals surface area contributed by atoms with Gasteiger partial charge in [-0.25, -0.2) is 0 Å². The third kappa shape index (κ3) is 3.55. The summed E-state index contributed by atoms with van der Waals surface area (Å²) < 4.78 is 0. The summed E-state index contributed by atoms with van der Waals surface area (Å²) in [6, 6.07) is 7.54. The summed E-state index contributed by atoms with van der Waals surface area (Å²) in [6.07, 6.45) is 1.06. The van der Waals surface area contributed by atoms with Crippen molar-refractivity contribution in [3.8, 4) is 0 Å². The zero-order chi connectivity index (χ0) is 12.0. The number of hydrogen-bond acceptors (Lipinski definition) is 3. The molecule has 0 saturated heterocycles. The standard InChI is InChI=1S/C12H18N2O2/c1-14(8-9-15)12(16)7-6-10-4-2-3-5-11(10)13/h2-5,15H,6-9,13H2,1H3. The van der Waals surface area contributed by atoms with Crippen molar-refractivity contribution in [3.05, 3.63) is 29.8 Å².